The van der Waals surface area contributed by atoms with Crippen molar-refractivity contribution in [3.63, 3.8) is 0 Å². The van der Waals surface area contributed by atoms with Gasteiger partial charge in [0.05, 0.1) is 7.11 Å². The number of aromatic nitrogens is 3. The van der Waals surface area contributed by atoms with Crippen molar-refractivity contribution < 1.29 is 4.74 Å². The Morgan fingerprint density at radius 3 is 2.53 bits per heavy atom. The van der Waals surface area contributed by atoms with Crippen molar-refractivity contribution in [2.45, 2.75) is 27.2 Å². The number of hydrogen-bond acceptors (Lipinski definition) is 6. The molecule has 0 aliphatic carbocycles. The summed E-state index contributed by atoms with van der Waals surface area (Å²) in [5.41, 5.74) is 5.62. The van der Waals surface area contributed by atoms with Gasteiger partial charge in [-0.25, -0.2) is 0 Å². The lowest BCUT2D eigenvalue weighted by Gasteiger charge is -2.23. The highest BCUT2D eigenvalue weighted by molar-refractivity contribution is 5.35. The van der Waals surface area contributed by atoms with Crippen molar-refractivity contribution in [3.05, 3.63) is 0 Å². The highest BCUT2D eigenvalue weighted by atomic mass is 16.5. The number of hydrogen-bond donors (Lipinski definition) is 1. The van der Waals surface area contributed by atoms with E-state index in [9.17, 15) is 0 Å². The number of anilines is 2. The molecule has 0 saturated carbocycles. The first-order chi connectivity index (χ1) is 8.10. The summed E-state index contributed by atoms with van der Waals surface area (Å²) in [4.78, 5) is 14.3. The molecule has 1 rings (SSSR count). The molecule has 0 radical (unpaired) electrons. The Balaban J connectivity index is 2.90. The third-order valence-corrected chi connectivity index (χ3v) is 2.70. The second kappa shape index (κ2) is 6.22. The van der Waals surface area contributed by atoms with Crippen LogP contribution in [0.3, 0.4) is 0 Å². The average Bonchev–Trinajstić information content (AvgIpc) is 2.34. The van der Waals surface area contributed by atoms with Gasteiger partial charge >= 0.3 is 6.01 Å². The molecule has 0 aliphatic heterocycles. The molecule has 0 saturated heterocycles. The summed E-state index contributed by atoms with van der Waals surface area (Å²) in [5, 5.41) is 0. The van der Waals surface area contributed by atoms with E-state index in [1.165, 1.54) is 7.11 Å². The van der Waals surface area contributed by atoms with Crippen LogP contribution in [0.15, 0.2) is 0 Å². The van der Waals surface area contributed by atoms with Gasteiger partial charge in [-0.2, -0.15) is 15.0 Å². The first-order valence-electron chi connectivity index (χ1n) is 5.91. The van der Waals surface area contributed by atoms with Crippen molar-refractivity contribution in [2.24, 2.45) is 5.92 Å². The van der Waals surface area contributed by atoms with Crippen molar-refractivity contribution in [2.75, 3.05) is 30.8 Å². The zero-order valence-electron chi connectivity index (χ0n) is 11.0. The van der Waals surface area contributed by atoms with Gasteiger partial charge in [0, 0.05) is 13.1 Å². The maximum absolute atomic E-state index is 5.62. The summed E-state index contributed by atoms with van der Waals surface area (Å²) in [7, 11) is 1.52. The molecule has 1 aromatic heterocycles. The monoisotopic (exact) mass is 239 g/mol. The molecule has 96 valence electrons. The zero-order chi connectivity index (χ0) is 12.8. The topological polar surface area (TPSA) is 77.2 Å². The van der Waals surface area contributed by atoms with Gasteiger partial charge in [0.15, 0.2) is 0 Å². The maximum Gasteiger partial charge on any atom is 0.322 e. The van der Waals surface area contributed by atoms with Crippen molar-refractivity contribution in [1.82, 2.24) is 15.0 Å². The Hall–Kier alpha value is -1.59. The Labute approximate surface area is 102 Å². The van der Waals surface area contributed by atoms with Gasteiger partial charge in [-0.15, -0.1) is 0 Å². The third-order valence-electron chi connectivity index (χ3n) is 2.70. The predicted molar refractivity (Wildman–Crippen MR) is 68.1 cm³/mol. The second-order valence-electron chi connectivity index (χ2n) is 4.03. The summed E-state index contributed by atoms with van der Waals surface area (Å²) in [6.45, 7) is 8.16. The lowest BCUT2D eigenvalue weighted by molar-refractivity contribution is 0.378. The summed E-state index contributed by atoms with van der Waals surface area (Å²) >= 11 is 0. The van der Waals surface area contributed by atoms with E-state index in [-0.39, 0.29) is 12.0 Å². The third kappa shape index (κ3) is 3.72. The van der Waals surface area contributed by atoms with Crippen LogP contribution in [0.25, 0.3) is 0 Å². The molecular weight excluding hydrogens is 218 g/mol. The van der Waals surface area contributed by atoms with E-state index >= 15 is 0 Å². The van der Waals surface area contributed by atoms with Crippen molar-refractivity contribution in [3.8, 4) is 6.01 Å². The number of ether oxygens (including phenoxy) is 1. The summed E-state index contributed by atoms with van der Waals surface area (Å²) in [5.74, 6) is 1.35. The molecule has 1 heterocycles. The lowest BCUT2D eigenvalue weighted by atomic mass is 10.1. The molecular formula is C11H21N5O. The molecule has 17 heavy (non-hydrogen) atoms. The molecule has 0 aromatic carbocycles. The van der Waals surface area contributed by atoms with Gasteiger partial charge in [0.25, 0.3) is 0 Å². The molecule has 1 unspecified atom stereocenters. The first-order valence-corrected chi connectivity index (χ1v) is 5.91. The molecule has 0 spiro atoms. The fourth-order valence-electron chi connectivity index (χ4n) is 1.45. The normalized spacial score (nSPS) is 12.2. The standard InChI is InChI=1S/C11H21N5O/c1-5-8(3)7-16(6-2)10-13-9(12)14-11(15-10)17-4/h8H,5-7H2,1-4H3,(H2,12,13,14,15). The minimum Gasteiger partial charge on any atom is -0.467 e. The molecule has 1 atom stereocenters. The van der Waals surface area contributed by atoms with Crippen LogP contribution < -0.4 is 15.4 Å². The Morgan fingerprint density at radius 1 is 1.29 bits per heavy atom. The van der Waals surface area contributed by atoms with Crippen LogP contribution in [-0.2, 0) is 0 Å². The Kier molecular flexibility index (Phi) is 4.93. The maximum atomic E-state index is 5.62. The lowest BCUT2D eigenvalue weighted by Crippen LogP contribution is -2.30. The molecule has 6 nitrogen and oxygen atoms in total. The number of methoxy groups -OCH3 is 1. The zero-order valence-corrected chi connectivity index (χ0v) is 11.0. The number of nitrogen functional groups attached to an aromatic ring is 1. The molecule has 2 N–H and O–H groups in total. The van der Waals surface area contributed by atoms with E-state index in [0.29, 0.717) is 11.9 Å². The quantitative estimate of drug-likeness (QED) is 0.807. The molecule has 1 aromatic rings. The molecule has 6 heteroatoms. The van der Waals surface area contributed by atoms with Gasteiger partial charge in [0.1, 0.15) is 0 Å². The summed E-state index contributed by atoms with van der Waals surface area (Å²) in [6.07, 6.45) is 1.12. The highest BCUT2D eigenvalue weighted by Crippen LogP contribution is 2.15. The van der Waals surface area contributed by atoms with E-state index in [0.717, 1.165) is 19.5 Å². The van der Waals surface area contributed by atoms with Crippen molar-refractivity contribution >= 4 is 11.9 Å². The van der Waals surface area contributed by atoms with Crippen LogP contribution in [0, 0.1) is 5.92 Å². The fourth-order valence-corrected chi connectivity index (χ4v) is 1.45. The summed E-state index contributed by atoms with van der Waals surface area (Å²) < 4.78 is 4.99. The molecule has 0 fully saturated rings. The summed E-state index contributed by atoms with van der Waals surface area (Å²) in [6, 6.07) is 0.259. The minimum absolute atomic E-state index is 0.189. The first kappa shape index (κ1) is 13.5. The number of rotatable bonds is 6. The van der Waals surface area contributed by atoms with Crippen LogP contribution >= 0.6 is 0 Å². The minimum atomic E-state index is 0.189. The smallest absolute Gasteiger partial charge is 0.322 e. The van der Waals surface area contributed by atoms with Crippen LogP contribution in [-0.4, -0.2) is 35.2 Å². The highest BCUT2D eigenvalue weighted by Gasteiger charge is 2.13. The Morgan fingerprint density at radius 2 is 2.00 bits per heavy atom. The van der Waals surface area contributed by atoms with Gasteiger partial charge in [-0.05, 0) is 12.8 Å². The van der Waals surface area contributed by atoms with E-state index in [1.54, 1.807) is 0 Å². The second-order valence-corrected chi connectivity index (χ2v) is 4.03. The number of nitrogens with zero attached hydrogens (tertiary/aromatic N) is 4. The Bertz CT molecular complexity index is 358. The van der Waals surface area contributed by atoms with Gasteiger partial charge in [-0.1, -0.05) is 20.3 Å². The van der Waals surface area contributed by atoms with Gasteiger partial charge in [-0.3, -0.25) is 0 Å². The SMILES string of the molecule is CCC(C)CN(CC)c1nc(N)nc(OC)n1. The largest absolute Gasteiger partial charge is 0.467 e. The van der Waals surface area contributed by atoms with Gasteiger partial charge in [0.2, 0.25) is 11.9 Å². The van der Waals surface area contributed by atoms with E-state index in [2.05, 4.69) is 40.6 Å². The van der Waals surface area contributed by atoms with Crippen molar-refractivity contribution in [1.29, 1.82) is 0 Å². The predicted octanol–water partition coefficient (Wildman–Crippen LogP) is 1.33. The van der Waals surface area contributed by atoms with Crippen LogP contribution in [0.5, 0.6) is 6.01 Å². The van der Waals surface area contributed by atoms with Crippen LogP contribution in [0.1, 0.15) is 27.2 Å². The van der Waals surface area contributed by atoms with Crippen LogP contribution in [0.2, 0.25) is 0 Å². The van der Waals surface area contributed by atoms with E-state index in [4.69, 9.17) is 10.5 Å². The van der Waals surface area contributed by atoms with Crippen LogP contribution in [0.4, 0.5) is 11.9 Å². The molecule has 0 bridgehead atoms. The van der Waals surface area contributed by atoms with E-state index in [1.807, 2.05) is 0 Å². The number of nitrogens with two attached hydrogens (primary N) is 1. The van der Waals surface area contributed by atoms with E-state index < -0.39 is 0 Å². The van der Waals surface area contributed by atoms with Gasteiger partial charge < -0.3 is 15.4 Å². The molecule has 0 aliphatic rings. The fraction of sp³-hybridized carbons (Fsp3) is 0.727. The molecule has 0 amide bonds. The average molecular weight is 239 g/mol.